The minimum atomic E-state index is -4.59. The maximum atomic E-state index is 13.6. The molecule has 4 rings (SSSR count). The third-order valence-electron chi connectivity index (χ3n) is 8.56. The van der Waals surface area contributed by atoms with Crippen LogP contribution in [0.25, 0.3) is 0 Å². The summed E-state index contributed by atoms with van der Waals surface area (Å²) in [5.41, 5.74) is -0.443. The lowest BCUT2D eigenvalue weighted by Gasteiger charge is -2.44. The lowest BCUT2D eigenvalue weighted by Crippen LogP contribution is -2.53. The first kappa shape index (κ1) is 31.0. The van der Waals surface area contributed by atoms with E-state index in [2.05, 4.69) is 24.1 Å². The number of halogens is 3. The molecule has 2 fully saturated rings. The lowest BCUT2D eigenvalue weighted by atomic mass is 9.81. The van der Waals surface area contributed by atoms with E-state index in [9.17, 15) is 31.2 Å². The smallest absolute Gasteiger partial charge is 0.340 e. The van der Waals surface area contributed by atoms with Crippen molar-refractivity contribution in [1.82, 2.24) is 15.1 Å². The van der Waals surface area contributed by atoms with Crippen molar-refractivity contribution in [2.45, 2.75) is 81.7 Å². The minimum absolute atomic E-state index is 0.101. The van der Waals surface area contributed by atoms with Gasteiger partial charge in [-0.2, -0.15) is 13.2 Å². The van der Waals surface area contributed by atoms with Crippen molar-refractivity contribution >= 4 is 21.7 Å². The molecule has 3 unspecified atom stereocenters. The molecule has 41 heavy (non-hydrogen) atoms. The molecule has 1 aliphatic carbocycles. The van der Waals surface area contributed by atoms with Crippen LogP contribution in [0.5, 0.6) is 0 Å². The second-order valence-electron chi connectivity index (χ2n) is 11.5. The Morgan fingerprint density at radius 3 is 2.46 bits per heavy atom. The van der Waals surface area contributed by atoms with Crippen LogP contribution in [0.3, 0.4) is 0 Å². The van der Waals surface area contributed by atoms with Crippen LogP contribution in [0.2, 0.25) is 0 Å². The van der Waals surface area contributed by atoms with Crippen LogP contribution in [-0.4, -0.2) is 73.5 Å². The SMILES string of the molecule is Cc1ccccc1S(=O)(=O)C[C@@H]1CC(N(C)C(C)C)CCC1N1CCC(NC(=O)c2cccc(C(F)(F)F)c2)C1=O. The summed E-state index contributed by atoms with van der Waals surface area (Å²) in [5, 5.41) is 2.61. The normalized spacial score (nSPS) is 23.8. The molecule has 1 heterocycles. The molecule has 0 radical (unpaired) electrons. The van der Waals surface area contributed by atoms with Crippen molar-refractivity contribution in [3.63, 3.8) is 0 Å². The van der Waals surface area contributed by atoms with E-state index in [1.807, 2.05) is 7.05 Å². The van der Waals surface area contributed by atoms with Crippen LogP contribution in [0.1, 0.15) is 61.0 Å². The second kappa shape index (κ2) is 12.1. The van der Waals surface area contributed by atoms with Gasteiger partial charge in [-0.25, -0.2) is 8.42 Å². The molecule has 2 aromatic rings. The first-order chi connectivity index (χ1) is 19.2. The van der Waals surface area contributed by atoms with Gasteiger partial charge in [0.25, 0.3) is 5.91 Å². The molecule has 7 nitrogen and oxygen atoms in total. The Morgan fingerprint density at radius 1 is 1.10 bits per heavy atom. The summed E-state index contributed by atoms with van der Waals surface area (Å²) < 4.78 is 66.5. The maximum Gasteiger partial charge on any atom is 0.416 e. The van der Waals surface area contributed by atoms with Crippen LogP contribution in [-0.2, 0) is 20.8 Å². The van der Waals surface area contributed by atoms with Crippen LogP contribution >= 0.6 is 0 Å². The monoisotopic (exact) mass is 593 g/mol. The second-order valence-corrected chi connectivity index (χ2v) is 13.5. The summed E-state index contributed by atoms with van der Waals surface area (Å²) in [6.45, 7) is 6.28. The molecule has 4 atom stereocenters. The number of rotatable bonds is 8. The molecule has 0 bridgehead atoms. The van der Waals surface area contributed by atoms with E-state index < -0.39 is 33.5 Å². The van der Waals surface area contributed by atoms with Crippen LogP contribution in [0.15, 0.2) is 53.4 Å². The van der Waals surface area contributed by atoms with Crippen LogP contribution < -0.4 is 5.32 Å². The standard InChI is InChI=1S/C30H38F3N3O4S/c1-19(2)35(4)24-12-13-26(22(17-24)18-41(39,40)27-11-6-5-8-20(27)3)36-15-14-25(29(36)38)34-28(37)21-9-7-10-23(16-21)30(31,32)33/h5-11,16,19,22,24-26H,12-15,17-18H2,1-4H3,(H,34,37)/t22-,24?,25?,26?/m0/s1. The fourth-order valence-corrected chi connectivity index (χ4v) is 8.07. The average molecular weight is 594 g/mol. The molecular formula is C30H38F3N3O4S. The van der Waals surface area contributed by atoms with Crippen LogP contribution in [0.4, 0.5) is 13.2 Å². The first-order valence-corrected chi connectivity index (χ1v) is 15.6. The van der Waals surface area contributed by atoms with Crippen molar-refractivity contribution in [3.05, 3.63) is 65.2 Å². The Hall–Kier alpha value is -2.92. The van der Waals surface area contributed by atoms with Crippen LogP contribution in [0, 0.1) is 12.8 Å². The number of nitrogens with one attached hydrogen (secondary N) is 1. The Kier molecular flexibility index (Phi) is 9.18. The van der Waals surface area contributed by atoms with Gasteiger partial charge in [-0.3, -0.25) is 9.59 Å². The molecule has 0 aromatic heterocycles. The third-order valence-corrected chi connectivity index (χ3v) is 10.6. The predicted molar refractivity (Wildman–Crippen MR) is 150 cm³/mol. The quantitative estimate of drug-likeness (QED) is 0.480. The van der Waals surface area contributed by atoms with E-state index in [1.54, 1.807) is 36.1 Å². The van der Waals surface area contributed by atoms with Gasteiger partial charge in [-0.15, -0.1) is 0 Å². The van der Waals surface area contributed by atoms with Crippen molar-refractivity contribution in [1.29, 1.82) is 0 Å². The molecule has 1 saturated heterocycles. The summed E-state index contributed by atoms with van der Waals surface area (Å²) in [4.78, 5) is 30.5. The minimum Gasteiger partial charge on any atom is -0.340 e. The van der Waals surface area contributed by atoms with E-state index in [4.69, 9.17) is 0 Å². The number of likely N-dealkylation sites (tertiary alicyclic amines) is 1. The number of nitrogens with zero attached hydrogens (tertiary/aromatic N) is 2. The largest absolute Gasteiger partial charge is 0.416 e. The number of carbonyl (C=O) groups excluding carboxylic acids is 2. The molecule has 2 aliphatic rings. The fraction of sp³-hybridized carbons (Fsp3) is 0.533. The lowest BCUT2D eigenvalue weighted by molar-refractivity contribution is -0.137. The highest BCUT2D eigenvalue weighted by molar-refractivity contribution is 7.91. The van der Waals surface area contributed by atoms with Gasteiger partial charge < -0.3 is 15.1 Å². The van der Waals surface area contributed by atoms with Gasteiger partial charge in [-0.1, -0.05) is 24.3 Å². The molecule has 11 heteroatoms. The number of aryl methyl sites for hydroxylation is 1. The van der Waals surface area contributed by atoms with Gasteiger partial charge >= 0.3 is 6.18 Å². The maximum absolute atomic E-state index is 13.6. The van der Waals surface area contributed by atoms with Gasteiger partial charge in [0, 0.05) is 30.2 Å². The molecule has 1 aliphatic heterocycles. The summed E-state index contributed by atoms with van der Waals surface area (Å²) in [7, 11) is -1.61. The van der Waals surface area contributed by atoms with Crippen molar-refractivity contribution in [3.8, 4) is 0 Å². The number of hydrogen-bond acceptors (Lipinski definition) is 5. The Morgan fingerprint density at radius 2 is 1.80 bits per heavy atom. The highest BCUT2D eigenvalue weighted by Gasteiger charge is 2.44. The number of hydrogen-bond donors (Lipinski definition) is 1. The van der Waals surface area contributed by atoms with Crippen molar-refractivity contribution in [2.75, 3.05) is 19.3 Å². The predicted octanol–water partition coefficient (Wildman–Crippen LogP) is 4.70. The van der Waals surface area contributed by atoms with E-state index in [0.29, 0.717) is 31.4 Å². The molecule has 0 spiro atoms. The van der Waals surface area contributed by atoms with Crippen molar-refractivity contribution in [2.24, 2.45) is 5.92 Å². The average Bonchev–Trinajstić information content (AvgIpc) is 3.27. The van der Waals surface area contributed by atoms with E-state index >= 15 is 0 Å². The molecule has 224 valence electrons. The number of carbonyl (C=O) groups is 2. The summed E-state index contributed by atoms with van der Waals surface area (Å²) in [6.07, 6.45) is -2.27. The molecule has 2 aromatic carbocycles. The molecule has 1 N–H and O–H groups in total. The number of amides is 2. The zero-order chi connectivity index (χ0) is 30.1. The number of benzene rings is 2. The topological polar surface area (TPSA) is 86.8 Å². The molecular weight excluding hydrogens is 555 g/mol. The number of sulfone groups is 1. The summed E-state index contributed by atoms with van der Waals surface area (Å²) in [5.74, 6) is -1.50. The third kappa shape index (κ3) is 6.94. The van der Waals surface area contributed by atoms with E-state index in [-0.39, 0.29) is 46.2 Å². The Balaban J connectivity index is 1.53. The summed E-state index contributed by atoms with van der Waals surface area (Å²) in [6, 6.07) is 10.2. The van der Waals surface area contributed by atoms with Gasteiger partial charge in [0.15, 0.2) is 9.84 Å². The first-order valence-electron chi connectivity index (χ1n) is 14.0. The fourth-order valence-electron chi connectivity index (χ4n) is 6.12. The highest BCUT2D eigenvalue weighted by atomic mass is 32.2. The summed E-state index contributed by atoms with van der Waals surface area (Å²) >= 11 is 0. The Bertz CT molecular complexity index is 1380. The molecule has 2 amide bonds. The van der Waals surface area contributed by atoms with Gasteiger partial charge in [0.1, 0.15) is 6.04 Å². The number of alkyl halides is 3. The van der Waals surface area contributed by atoms with E-state index in [0.717, 1.165) is 24.6 Å². The van der Waals surface area contributed by atoms with Gasteiger partial charge in [-0.05, 0) is 89.2 Å². The van der Waals surface area contributed by atoms with E-state index in [1.165, 1.54) is 6.07 Å². The van der Waals surface area contributed by atoms with Crippen molar-refractivity contribution < 1.29 is 31.2 Å². The van der Waals surface area contributed by atoms with Gasteiger partial charge in [0.2, 0.25) is 5.91 Å². The zero-order valence-corrected chi connectivity index (χ0v) is 24.6. The Labute approximate surface area is 240 Å². The zero-order valence-electron chi connectivity index (χ0n) is 23.8. The highest BCUT2D eigenvalue weighted by Crippen LogP contribution is 2.36. The van der Waals surface area contributed by atoms with Gasteiger partial charge in [0.05, 0.1) is 16.2 Å². The molecule has 1 saturated carbocycles.